The standard InChI is InChI=1S/C11H14N2O2S/c12-10(16)6-7-13-11(14)8-15-9-4-2-1-3-5-9/h1-5H,6-8H2,(H2,12,16)(H,13,14). The number of carbonyl (C=O) groups excluding carboxylic acids is 1. The maximum atomic E-state index is 11.3. The Labute approximate surface area is 99.8 Å². The average Bonchev–Trinajstić information content (AvgIpc) is 2.27. The Morgan fingerprint density at radius 3 is 2.69 bits per heavy atom. The van der Waals surface area contributed by atoms with Gasteiger partial charge in [-0.2, -0.15) is 0 Å². The second kappa shape index (κ2) is 6.79. The molecule has 0 bridgehead atoms. The number of rotatable bonds is 6. The predicted octanol–water partition coefficient (Wildman–Crippen LogP) is 0.858. The average molecular weight is 238 g/mol. The molecule has 86 valence electrons. The summed E-state index contributed by atoms with van der Waals surface area (Å²) in [6, 6.07) is 9.17. The van der Waals surface area contributed by atoms with E-state index < -0.39 is 0 Å². The highest BCUT2D eigenvalue weighted by Crippen LogP contribution is 2.07. The van der Waals surface area contributed by atoms with Gasteiger partial charge in [-0.25, -0.2) is 0 Å². The zero-order valence-corrected chi connectivity index (χ0v) is 9.63. The number of carbonyl (C=O) groups is 1. The van der Waals surface area contributed by atoms with Crippen LogP contribution in [-0.2, 0) is 4.79 Å². The SMILES string of the molecule is NC(=S)CCNC(=O)COc1ccccc1. The van der Waals surface area contributed by atoms with Crippen LogP contribution in [0.3, 0.4) is 0 Å². The van der Waals surface area contributed by atoms with Crippen molar-refractivity contribution < 1.29 is 9.53 Å². The fourth-order valence-corrected chi connectivity index (χ4v) is 1.14. The largest absolute Gasteiger partial charge is 0.484 e. The summed E-state index contributed by atoms with van der Waals surface area (Å²) in [6.07, 6.45) is 0.506. The molecule has 1 aromatic rings. The van der Waals surface area contributed by atoms with Crippen LogP contribution in [0.25, 0.3) is 0 Å². The van der Waals surface area contributed by atoms with Crippen LogP contribution in [0.2, 0.25) is 0 Å². The van der Waals surface area contributed by atoms with E-state index in [2.05, 4.69) is 17.5 Å². The highest BCUT2D eigenvalue weighted by atomic mass is 32.1. The number of amides is 1. The third kappa shape index (κ3) is 5.31. The van der Waals surface area contributed by atoms with Gasteiger partial charge in [-0.1, -0.05) is 30.4 Å². The maximum Gasteiger partial charge on any atom is 0.257 e. The Morgan fingerprint density at radius 2 is 2.06 bits per heavy atom. The lowest BCUT2D eigenvalue weighted by atomic mass is 10.3. The zero-order valence-electron chi connectivity index (χ0n) is 8.81. The quantitative estimate of drug-likeness (QED) is 0.721. The first-order valence-electron chi connectivity index (χ1n) is 4.91. The molecule has 1 aromatic carbocycles. The molecule has 16 heavy (non-hydrogen) atoms. The van der Waals surface area contributed by atoms with Crippen molar-refractivity contribution in [2.75, 3.05) is 13.2 Å². The summed E-state index contributed by atoms with van der Waals surface area (Å²) < 4.78 is 5.25. The molecule has 0 aliphatic heterocycles. The lowest BCUT2D eigenvalue weighted by Gasteiger charge is -2.06. The molecule has 3 N–H and O–H groups in total. The molecule has 5 heteroatoms. The van der Waals surface area contributed by atoms with Gasteiger partial charge in [-0.05, 0) is 12.1 Å². The van der Waals surface area contributed by atoms with Gasteiger partial charge in [-0.3, -0.25) is 4.79 Å². The molecule has 0 heterocycles. The van der Waals surface area contributed by atoms with E-state index in [1.165, 1.54) is 0 Å². The first kappa shape index (κ1) is 12.4. The summed E-state index contributed by atoms with van der Waals surface area (Å²) in [5, 5.41) is 2.65. The molecule has 0 fully saturated rings. The smallest absolute Gasteiger partial charge is 0.257 e. The topological polar surface area (TPSA) is 64.3 Å². The van der Waals surface area contributed by atoms with Gasteiger partial charge in [0.2, 0.25) is 0 Å². The summed E-state index contributed by atoms with van der Waals surface area (Å²) in [5.74, 6) is 0.493. The number of hydrogen-bond acceptors (Lipinski definition) is 3. The normalized spacial score (nSPS) is 9.50. The van der Waals surface area contributed by atoms with Crippen molar-refractivity contribution in [1.29, 1.82) is 0 Å². The maximum absolute atomic E-state index is 11.3. The molecule has 0 aromatic heterocycles. The van der Waals surface area contributed by atoms with Crippen LogP contribution in [0.5, 0.6) is 5.75 Å². The van der Waals surface area contributed by atoms with Crippen LogP contribution in [-0.4, -0.2) is 24.0 Å². The Morgan fingerprint density at radius 1 is 1.38 bits per heavy atom. The molecule has 0 atom stereocenters. The van der Waals surface area contributed by atoms with Crippen LogP contribution < -0.4 is 15.8 Å². The van der Waals surface area contributed by atoms with Gasteiger partial charge in [0.25, 0.3) is 5.91 Å². The van der Waals surface area contributed by atoms with Gasteiger partial charge >= 0.3 is 0 Å². The lowest BCUT2D eigenvalue weighted by molar-refractivity contribution is -0.123. The van der Waals surface area contributed by atoms with Crippen molar-refractivity contribution in [3.63, 3.8) is 0 Å². The minimum atomic E-state index is -0.180. The van der Waals surface area contributed by atoms with Crippen LogP contribution >= 0.6 is 12.2 Å². The van der Waals surface area contributed by atoms with E-state index >= 15 is 0 Å². The summed E-state index contributed by atoms with van der Waals surface area (Å²) in [6.45, 7) is 0.452. The van der Waals surface area contributed by atoms with Crippen molar-refractivity contribution >= 4 is 23.1 Å². The molecule has 0 saturated heterocycles. The summed E-state index contributed by atoms with van der Waals surface area (Å²) in [7, 11) is 0. The Bertz CT molecular complexity index is 354. The van der Waals surface area contributed by atoms with Gasteiger partial charge < -0.3 is 15.8 Å². The van der Waals surface area contributed by atoms with E-state index in [0.717, 1.165) is 0 Å². The van der Waals surface area contributed by atoms with E-state index in [1.54, 1.807) is 12.1 Å². The monoisotopic (exact) mass is 238 g/mol. The van der Waals surface area contributed by atoms with Crippen LogP contribution in [0.4, 0.5) is 0 Å². The van der Waals surface area contributed by atoms with E-state index in [4.69, 9.17) is 10.5 Å². The number of benzene rings is 1. The van der Waals surface area contributed by atoms with Crippen LogP contribution in [0.15, 0.2) is 30.3 Å². The molecule has 0 saturated carbocycles. The second-order valence-corrected chi connectivity index (χ2v) is 3.69. The molecule has 0 aliphatic rings. The van der Waals surface area contributed by atoms with Crippen molar-refractivity contribution in [2.45, 2.75) is 6.42 Å². The molecule has 0 aliphatic carbocycles. The highest BCUT2D eigenvalue weighted by molar-refractivity contribution is 7.80. The molecule has 0 unspecified atom stereocenters. The Balaban J connectivity index is 2.18. The van der Waals surface area contributed by atoms with E-state index in [9.17, 15) is 4.79 Å². The van der Waals surface area contributed by atoms with E-state index in [0.29, 0.717) is 23.7 Å². The number of hydrogen-bond donors (Lipinski definition) is 2. The summed E-state index contributed by atoms with van der Waals surface area (Å²) >= 11 is 4.68. The van der Waals surface area contributed by atoms with E-state index in [1.807, 2.05) is 18.2 Å². The number of nitrogens with one attached hydrogen (secondary N) is 1. The van der Waals surface area contributed by atoms with Crippen LogP contribution in [0, 0.1) is 0 Å². The fraction of sp³-hybridized carbons (Fsp3) is 0.273. The van der Waals surface area contributed by atoms with Crippen molar-refractivity contribution in [1.82, 2.24) is 5.32 Å². The number of ether oxygens (including phenoxy) is 1. The summed E-state index contributed by atoms with van der Waals surface area (Å²) in [5.41, 5.74) is 5.29. The minimum Gasteiger partial charge on any atom is -0.484 e. The zero-order chi connectivity index (χ0) is 11.8. The first-order valence-corrected chi connectivity index (χ1v) is 5.32. The third-order valence-electron chi connectivity index (χ3n) is 1.81. The van der Waals surface area contributed by atoms with Crippen molar-refractivity contribution in [2.24, 2.45) is 5.73 Å². The molecular weight excluding hydrogens is 224 g/mol. The lowest BCUT2D eigenvalue weighted by Crippen LogP contribution is -2.31. The van der Waals surface area contributed by atoms with Crippen molar-refractivity contribution in [3.8, 4) is 5.75 Å². The van der Waals surface area contributed by atoms with Crippen molar-refractivity contribution in [3.05, 3.63) is 30.3 Å². The highest BCUT2D eigenvalue weighted by Gasteiger charge is 2.01. The predicted molar refractivity (Wildman–Crippen MR) is 66.3 cm³/mol. The molecule has 0 spiro atoms. The second-order valence-electron chi connectivity index (χ2n) is 3.17. The third-order valence-corrected chi connectivity index (χ3v) is 2.01. The molecule has 1 rings (SSSR count). The fourth-order valence-electron chi connectivity index (χ4n) is 1.04. The molecular formula is C11H14N2O2S. The van der Waals surface area contributed by atoms with Gasteiger partial charge in [0.15, 0.2) is 6.61 Å². The van der Waals surface area contributed by atoms with Gasteiger partial charge in [0.05, 0.1) is 4.99 Å². The van der Waals surface area contributed by atoms with E-state index in [-0.39, 0.29) is 12.5 Å². The van der Waals surface area contributed by atoms with Gasteiger partial charge in [-0.15, -0.1) is 0 Å². The van der Waals surface area contributed by atoms with Crippen LogP contribution in [0.1, 0.15) is 6.42 Å². The molecule has 1 amide bonds. The molecule has 4 nitrogen and oxygen atoms in total. The van der Waals surface area contributed by atoms with Gasteiger partial charge in [0.1, 0.15) is 5.75 Å². The summed E-state index contributed by atoms with van der Waals surface area (Å²) in [4.78, 5) is 11.7. The minimum absolute atomic E-state index is 0.00134. The molecule has 0 radical (unpaired) electrons. The Hall–Kier alpha value is -1.62. The Kier molecular flexibility index (Phi) is 5.28. The number of nitrogens with two attached hydrogens (primary N) is 1. The van der Waals surface area contributed by atoms with Gasteiger partial charge in [0, 0.05) is 13.0 Å². The number of thiocarbonyl (C=S) groups is 1. The number of para-hydroxylation sites is 1. The first-order chi connectivity index (χ1) is 7.68.